The molecule has 7 aromatic rings. The number of hydrogen-bond donors (Lipinski definition) is 3. The fourth-order valence-corrected chi connectivity index (χ4v) is 12.7. The van der Waals surface area contributed by atoms with Crippen LogP contribution in [0.3, 0.4) is 0 Å². The maximum Gasteiger partial charge on any atom is 0.355 e. The number of aromatic nitrogens is 4. The van der Waals surface area contributed by atoms with Gasteiger partial charge in [0.1, 0.15) is 11.6 Å². The van der Waals surface area contributed by atoms with Crippen LogP contribution < -0.4 is 20.3 Å². The summed E-state index contributed by atoms with van der Waals surface area (Å²) < 4.78 is 9.63. The Balaban J connectivity index is 0.670. The number of aryl methyl sites for hydroxylation is 1. The molecule has 0 spiro atoms. The third-order valence-corrected chi connectivity index (χ3v) is 16.6. The molecule has 1 saturated carbocycles. The number of benzene rings is 4. The SMILES string of the molecule is Cc1c(OC2CCC(CCCCN3CC[C@@H](c4cccc5c(C6CCC(=O)NC6=O)nn(C)c45)C3)CC2)cccc1-c1ccc(N2CCc3cccc(C(=O)Nc4nc5ccccc5s4)c3C2)nc1C(=O)O. The van der Waals surface area contributed by atoms with E-state index >= 15 is 0 Å². The highest BCUT2D eigenvalue weighted by molar-refractivity contribution is 7.22. The summed E-state index contributed by atoms with van der Waals surface area (Å²) in [5.41, 5.74) is 8.77. The molecule has 15 heteroatoms. The van der Waals surface area contributed by atoms with Gasteiger partial charge in [0.15, 0.2) is 10.8 Å². The highest BCUT2D eigenvalue weighted by Gasteiger charge is 2.34. The Morgan fingerprint density at radius 3 is 2.53 bits per heavy atom. The minimum atomic E-state index is -1.10. The van der Waals surface area contributed by atoms with Gasteiger partial charge >= 0.3 is 5.97 Å². The van der Waals surface area contributed by atoms with E-state index in [-0.39, 0.29) is 29.5 Å². The van der Waals surface area contributed by atoms with Gasteiger partial charge in [0.05, 0.1) is 33.4 Å². The first kappa shape index (κ1) is 47.4. The molecular weight excluding hydrogens is 925 g/mol. The zero-order chi connectivity index (χ0) is 49.5. The van der Waals surface area contributed by atoms with Crippen molar-refractivity contribution in [3.63, 3.8) is 0 Å². The number of piperidine rings is 1. The highest BCUT2D eigenvalue weighted by atomic mass is 32.1. The number of nitrogens with zero attached hydrogens (tertiary/aromatic N) is 6. The second-order valence-electron chi connectivity index (χ2n) is 20.2. The summed E-state index contributed by atoms with van der Waals surface area (Å²) in [5, 5.41) is 22.4. The van der Waals surface area contributed by atoms with Crippen LogP contribution in [0.1, 0.15) is 125 Å². The van der Waals surface area contributed by atoms with Gasteiger partial charge in [-0.2, -0.15) is 5.10 Å². The molecular formula is C57H60N8O6S. The van der Waals surface area contributed by atoms with Crippen LogP contribution in [-0.2, 0) is 29.6 Å². The van der Waals surface area contributed by atoms with Gasteiger partial charge < -0.3 is 19.6 Å². The largest absolute Gasteiger partial charge is 0.490 e. The van der Waals surface area contributed by atoms with Crippen LogP contribution in [0.4, 0.5) is 10.9 Å². The van der Waals surface area contributed by atoms with Crippen LogP contribution in [0.2, 0.25) is 0 Å². The number of hydrogen-bond acceptors (Lipinski definition) is 11. The number of unbranched alkanes of at least 4 members (excludes halogenated alkanes) is 1. The number of rotatable bonds is 14. The van der Waals surface area contributed by atoms with E-state index in [0.717, 1.165) is 107 Å². The van der Waals surface area contributed by atoms with E-state index in [1.165, 1.54) is 36.2 Å². The Kier molecular flexibility index (Phi) is 13.3. The van der Waals surface area contributed by atoms with Crippen LogP contribution in [-0.4, -0.2) is 85.7 Å². The summed E-state index contributed by atoms with van der Waals surface area (Å²) in [5.74, 6) is 0.238. The minimum Gasteiger partial charge on any atom is -0.490 e. The van der Waals surface area contributed by atoms with Crippen molar-refractivity contribution in [2.45, 2.75) is 102 Å². The van der Waals surface area contributed by atoms with Gasteiger partial charge in [-0.3, -0.25) is 29.7 Å². The lowest BCUT2D eigenvalue weighted by Crippen LogP contribution is -2.39. The lowest BCUT2D eigenvalue weighted by Gasteiger charge is -2.31. The molecule has 0 radical (unpaired) electrons. The molecule has 3 aromatic heterocycles. The zero-order valence-electron chi connectivity index (χ0n) is 40.9. The number of carboxylic acids is 1. The molecule has 2 atom stereocenters. The fourth-order valence-electron chi connectivity index (χ4n) is 11.8. The maximum absolute atomic E-state index is 13.7. The average Bonchev–Trinajstić information content (AvgIpc) is 4.13. The molecule has 2 saturated heterocycles. The molecule has 370 valence electrons. The number of carbonyl (C=O) groups excluding carboxylic acids is 3. The number of aromatic carboxylic acids is 1. The van der Waals surface area contributed by atoms with E-state index in [1.54, 1.807) is 0 Å². The third-order valence-electron chi connectivity index (χ3n) is 15.6. The number of fused-ring (bicyclic) bond motifs is 3. The summed E-state index contributed by atoms with van der Waals surface area (Å²) in [6.07, 6.45) is 10.6. The van der Waals surface area contributed by atoms with E-state index in [0.29, 0.717) is 66.3 Å². The molecule has 4 aliphatic rings. The Hall–Kier alpha value is -6.97. The molecule has 4 aromatic carbocycles. The van der Waals surface area contributed by atoms with Gasteiger partial charge in [0, 0.05) is 49.6 Å². The van der Waals surface area contributed by atoms with Crippen LogP contribution >= 0.6 is 11.3 Å². The van der Waals surface area contributed by atoms with Crippen LogP contribution in [0.5, 0.6) is 5.75 Å². The second kappa shape index (κ2) is 20.3. The first-order valence-corrected chi connectivity index (χ1v) is 26.4. The smallest absolute Gasteiger partial charge is 0.355 e. The summed E-state index contributed by atoms with van der Waals surface area (Å²) in [6.45, 7) is 6.24. The summed E-state index contributed by atoms with van der Waals surface area (Å²) >= 11 is 1.44. The van der Waals surface area contributed by atoms with Crippen molar-refractivity contribution in [1.82, 2.24) is 30.0 Å². The Labute approximate surface area is 422 Å². The van der Waals surface area contributed by atoms with Gasteiger partial charge in [0.25, 0.3) is 5.91 Å². The molecule has 1 unspecified atom stereocenters. The molecule has 14 nitrogen and oxygen atoms in total. The van der Waals surface area contributed by atoms with Gasteiger partial charge in [-0.25, -0.2) is 14.8 Å². The molecule has 6 heterocycles. The number of likely N-dealkylation sites (tertiary alicyclic amines) is 1. The first-order valence-electron chi connectivity index (χ1n) is 25.6. The standard InChI is InChI=1S/C57H60N8O6S/c1-34-39(41-23-25-49(59-52(41)56(69)70)65-31-28-36-11-7-14-42(45(36)33-65)54(67)61-57-58-46-16-3-4-18-48(46)72-57)12-9-17-47(34)71-38-21-19-35(20-22-38)10-5-6-29-64-30-27-37(32-64)40-13-8-15-43-51(62-63(2)53(40)43)44-24-26-50(66)60-55(44)68/h3-4,7-9,11-18,23,25,35,37-38,44H,5-6,10,19-22,24,26-33H2,1-2H3,(H,69,70)(H,58,61,67)(H,60,66,68)/t35?,37-,38?,44?/m1/s1. The molecule has 3 fully saturated rings. The van der Waals surface area contributed by atoms with E-state index < -0.39 is 11.9 Å². The second-order valence-corrected chi connectivity index (χ2v) is 21.2. The lowest BCUT2D eigenvalue weighted by atomic mass is 9.84. The molecule has 0 bridgehead atoms. The number of para-hydroxylation sites is 2. The Morgan fingerprint density at radius 2 is 1.69 bits per heavy atom. The summed E-state index contributed by atoms with van der Waals surface area (Å²) in [6, 6.07) is 29.6. The highest BCUT2D eigenvalue weighted by Crippen LogP contribution is 2.39. The summed E-state index contributed by atoms with van der Waals surface area (Å²) in [7, 11) is 1.96. The van der Waals surface area contributed by atoms with E-state index in [2.05, 4.69) is 43.6 Å². The van der Waals surface area contributed by atoms with Crippen LogP contribution in [0, 0.1) is 12.8 Å². The van der Waals surface area contributed by atoms with Gasteiger partial charge in [-0.1, -0.05) is 78.8 Å². The van der Waals surface area contributed by atoms with Crippen molar-refractivity contribution in [2.75, 3.05) is 36.4 Å². The number of anilines is 2. The van der Waals surface area contributed by atoms with Gasteiger partial charge in [-0.15, -0.1) is 0 Å². The van der Waals surface area contributed by atoms with Crippen molar-refractivity contribution >= 4 is 67.1 Å². The first-order chi connectivity index (χ1) is 35.0. The van der Waals surface area contributed by atoms with E-state index in [9.17, 15) is 24.3 Å². The summed E-state index contributed by atoms with van der Waals surface area (Å²) in [4.78, 5) is 65.1. The molecule has 3 N–H and O–H groups in total. The fraction of sp³-hybridized carbons (Fsp3) is 0.386. The number of carbonyl (C=O) groups is 4. The van der Waals surface area contributed by atoms with Crippen molar-refractivity contribution < 1.29 is 29.0 Å². The van der Waals surface area contributed by atoms with Crippen molar-refractivity contribution in [2.24, 2.45) is 13.0 Å². The van der Waals surface area contributed by atoms with Gasteiger partial charge in [-0.05, 0) is 147 Å². The van der Waals surface area contributed by atoms with E-state index in [4.69, 9.17) is 14.8 Å². The number of thiazole rings is 1. The van der Waals surface area contributed by atoms with Crippen LogP contribution in [0.15, 0.2) is 91.0 Å². The number of amides is 3. The lowest BCUT2D eigenvalue weighted by molar-refractivity contribution is -0.134. The molecule has 3 aliphatic heterocycles. The molecule has 72 heavy (non-hydrogen) atoms. The monoisotopic (exact) mass is 984 g/mol. The molecule has 11 rings (SSSR count). The topological polar surface area (TPSA) is 172 Å². The van der Waals surface area contributed by atoms with Gasteiger partial charge in [0.2, 0.25) is 11.8 Å². The Bertz CT molecular complexity index is 3200. The molecule has 1 aliphatic carbocycles. The quantitative estimate of drug-likeness (QED) is 0.0700. The average molecular weight is 985 g/mol. The Morgan fingerprint density at radius 1 is 0.861 bits per heavy atom. The predicted molar refractivity (Wildman–Crippen MR) is 280 cm³/mol. The maximum atomic E-state index is 13.7. The number of ether oxygens (including phenoxy) is 1. The van der Waals surface area contributed by atoms with E-state index in [1.807, 2.05) is 91.4 Å². The third kappa shape index (κ3) is 9.59. The predicted octanol–water partition coefficient (Wildman–Crippen LogP) is 10.2. The minimum absolute atomic E-state index is 0.0186. The van der Waals surface area contributed by atoms with Crippen molar-refractivity contribution in [3.05, 3.63) is 130 Å². The zero-order valence-corrected chi connectivity index (χ0v) is 41.7. The number of imide groups is 1. The molecule has 3 amide bonds. The number of nitrogens with one attached hydrogen (secondary N) is 2. The number of pyridine rings is 1. The number of carboxylic acid groups (broad SMARTS) is 1. The van der Waals surface area contributed by atoms with Crippen LogP contribution in [0.25, 0.3) is 32.2 Å². The normalized spacial score (nSPS) is 20.4. The van der Waals surface area contributed by atoms with Crippen molar-refractivity contribution in [1.29, 1.82) is 0 Å². The van der Waals surface area contributed by atoms with Crippen molar-refractivity contribution in [3.8, 4) is 16.9 Å².